The zero-order valence-electron chi connectivity index (χ0n) is 12.0. The van der Waals surface area contributed by atoms with E-state index in [1.54, 1.807) is 0 Å². The molecule has 0 aromatic carbocycles. The van der Waals surface area contributed by atoms with Gasteiger partial charge in [0, 0.05) is 5.38 Å². The van der Waals surface area contributed by atoms with Crippen LogP contribution < -0.4 is 10.6 Å². The molecule has 0 aromatic rings. The molecular weight excluding hydrogens is 279 g/mol. The Kier molecular flexibility index (Phi) is 6.74. The molecule has 0 spiro atoms. The molecular formula is C15H28Cl2N2. The molecule has 1 saturated carbocycles. The minimum atomic E-state index is 0.171. The van der Waals surface area contributed by atoms with Crippen LogP contribution in [-0.2, 0) is 0 Å². The van der Waals surface area contributed by atoms with Gasteiger partial charge in [-0.05, 0) is 83.0 Å². The fourth-order valence-corrected chi connectivity index (χ4v) is 4.38. The summed E-state index contributed by atoms with van der Waals surface area (Å²) in [4.78, 5) is 0. The van der Waals surface area contributed by atoms with Crippen molar-refractivity contribution in [1.29, 1.82) is 0 Å². The SMILES string of the molecule is CNCC(CC1CCCNC1)C1CCC(Cl)C(Cl)C1. The number of rotatable bonds is 5. The molecule has 2 aliphatic rings. The monoisotopic (exact) mass is 306 g/mol. The van der Waals surface area contributed by atoms with Gasteiger partial charge in [0.15, 0.2) is 0 Å². The summed E-state index contributed by atoms with van der Waals surface area (Å²) < 4.78 is 0. The highest BCUT2D eigenvalue weighted by molar-refractivity contribution is 6.30. The van der Waals surface area contributed by atoms with Gasteiger partial charge in [0.25, 0.3) is 0 Å². The molecule has 1 aliphatic heterocycles. The summed E-state index contributed by atoms with van der Waals surface area (Å²) in [7, 11) is 2.07. The molecule has 112 valence electrons. The molecule has 0 bridgehead atoms. The zero-order valence-corrected chi connectivity index (χ0v) is 13.5. The molecule has 0 aromatic heterocycles. The number of alkyl halides is 2. The van der Waals surface area contributed by atoms with Crippen molar-refractivity contribution in [2.45, 2.75) is 49.3 Å². The van der Waals surface area contributed by atoms with Crippen molar-refractivity contribution in [2.75, 3.05) is 26.7 Å². The van der Waals surface area contributed by atoms with Gasteiger partial charge in [-0.3, -0.25) is 0 Å². The molecule has 5 unspecified atom stereocenters. The molecule has 0 amide bonds. The molecule has 2 rings (SSSR count). The molecule has 5 atom stereocenters. The second-order valence-electron chi connectivity index (χ2n) is 6.37. The minimum absolute atomic E-state index is 0.171. The number of hydrogen-bond acceptors (Lipinski definition) is 2. The van der Waals surface area contributed by atoms with Gasteiger partial charge in [-0.1, -0.05) is 0 Å². The maximum absolute atomic E-state index is 6.38. The van der Waals surface area contributed by atoms with E-state index in [1.165, 1.54) is 38.8 Å². The minimum Gasteiger partial charge on any atom is -0.319 e. The lowest BCUT2D eigenvalue weighted by molar-refractivity contribution is 0.196. The number of halogens is 2. The number of nitrogens with one attached hydrogen (secondary N) is 2. The maximum Gasteiger partial charge on any atom is 0.0502 e. The Labute approximate surface area is 128 Å². The van der Waals surface area contributed by atoms with E-state index in [-0.39, 0.29) is 10.8 Å². The summed E-state index contributed by atoms with van der Waals surface area (Å²) in [5.41, 5.74) is 0. The topological polar surface area (TPSA) is 24.1 Å². The van der Waals surface area contributed by atoms with Crippen LogP contribution in [0.3, 0.4) is 0 Å². The second kappa shape index (κ2) is 8.07. The number of piperidine rings is 1. The van der Waals surface area contributed by atoms with Crippen molar-refractivity contribution < 1.29 is 0 Å². The lowest BCUT2D eigenvalue weighted by Crippen LogP contribution is -2.37. The van der Waals surface area contributed by atoms with Crippen LogP contribution in [0, 0.1) is 17.8 Å². The molecule has 19 heavy (non-hydrogen) atoms. The first-order valence-corrected chi connectivity index (χ1v) is 8.71. The van der Waals surface area contributed by atoms with Crippen molar-refractivity contribution in [3.63, 3.8) is 0 Å². The molecule has 1 saturated heterocycles. The van der Waals surface area contributed by atoms with Gasteiger partial charge in [-0.25, -0.2) is 0 Å². The van der Waals surface area contributed by atoms with Gasteiger partial charge >= 0.3 is 0 Å². The summed E-state index contributed by atoms with van der Waals surface area (Å²) >= 11 is 12.6. The third-order valence-corrected chi connectivity index (χ3v) is 6.04. The van der Waals surface area contributed by atoms with Gasteiger partial charge in [0.2, 0.25) is 0 Å². The van der Waals surface area contributed by atoms with Crippen LogP contribution in [0.4, 0.5) is 0 Å². The summed E-state index contributed by atoms with van der Waals surface area (Å²) in [6, 6.07) is 0. The predicted octanol–water partition coefficient (Wildman–Crippen LogP) is 3.23. The first-order valence-electron chi connectivity index (χ1n) is 7.84. The fourth-order valence-electron chi connectivity index (χ4n) is 3.79. The highest BCUT2D eigenvalue weighted by Gasteiger charge is 2.33. The highest BCUT2D eigenvalue weighted by atomic mass is 35.5. The third-order valence-electron chi connectivity index (χ3n) is 4.90. The lowest BCUT2D eigenvalue weighted by Gasteiger charge is -2.37. The van der Waals surface area contributed by atoms with Crippen LogP contribution in [0.1, 0.15) is 38.5 Å². The molecule has 0 radical (unpaired) electrons. The second-order valence-corrected chi connectivity index (χ2v) is 7.49. The largest absolute Gasteiger partial charge is 0.319 e. The standard InChI is InChI=1S/C15H28Cl2N2/c1-18-10-13(7-11-3-2-6-19-9-11)12-4-5-14(16)15(17)8-12/h11-15,18-19H,2-10H2,1H3. The average molecular weight is 307 g/mol. The summed E-state index contributed by atoms with van der Waals surface area (Å²) in [5, 5.41) is 7.27. The Hall–Kier alpha value is 0.500. The van der Waals surface area contributed by atoms with E-state index >= 15 is 0 Å². The Morgan fingerprint density at radius 2 is 2.05 bits per heavy atom. The molecule has 2 nitrogen and oxygen atoms in total. The Morgan fingerprint density at radius 1 is 1.21 bits per heavy atom. The molecule has 2 fully saturated rings. The van der Waals surface area contributed by atoms with E-state index in [0.717, 1.165) is 37.1 Å². The molecule has 2 N–H and O–H groups in total. The van der Waals surface area contributed by atoms with Crippen LogP contribution in [0.2, 0.25) is 0 Å². The summed E-state index contributed by atoms with van der Waals surface area (Å²) in [5.74, 6) is 2.38. The number of hydrogen-bond donors (Lipinski definition) is 2. The van der Waals surface area contributed by atoms with Crippen LogP contribution in [0.25, 0.3) is 0 Å². The first kappa shape index (κ1) is 15.9. The van der Waals surface area contributed by atoms with Crippen molar-refractivity contribution in [1.82, 2.24) is 10.6 Å². The van der Waals surface area contributed by atoms with Gasteiger partial charge in [-0.2, -0.15) is 0 Å². The van der Waals surface area contributed by atoms with Gasteiger partial charge in [0.1, 0.15) is 0 Å². The van der Waals surface area contributed by atoms with E-state index < -0.39 is 0 Å². The van der Waals surface area contributed by atoms with Crippen LogP contribution in [0.15, 0.2) is 0 Å². The Balaban J connectivity index is 1.87. The van der Waals surface area contributed by atoms with Gasteiger partial charge in [0.05, 0.1) is 5.38 Å². The lowest BCUT2D eigenvalue weighted by atomic mass is 9.75. The first-order chi connectivity index (χ1) is 9.20. The normalized spacial score (nSPS) is 38.1. The summed E-state index contributed by atoms with van der Waals surface area (Å²) in [6.07, 6.45) is 7.51. The quantitative estimate of drug-likeness (QED) is 0.762. The van der Waals surface area contributed by atoms with E-state index in [9.17, 15) is 0 Å². The highest BCUT2D eigenvalue weighted by Crippen LogP contribution is 2.38. The van der Waals surface area contributed by atoms with Crippen LogP contribution in [0.5, 0.6) is 0 Å². The van der Waals surface area contributed by atoms with Crippen molar-refractivity contribution in [2.24, 2.45) is 17.8 Å². The van der Waals surface area contributed by atoms with Gasteiger partial charge in [-0.15, -0.1) is 23.2 Å². The van der Waals surface area contributed by atoms with Gasteiger partial charge < -0.3 is 10.6 Å². The van der Waals surface area contributed by atoms with Crippen molar-refractivity contribution >= 4 is 23.2 Å². The average Bonchev–Trinajstić information content (AvgIpc) is 2.43. The van der Waals surface area contributed by atoms with E-state index in [0.29, 0.717) is 0 Å². The Bertz CT molecular complexity index is 257. The molecule has 1 heterocycles. The fraction of sp³-hybridized carbons (Fsp3) is 1.00. The maximum atomic E-state index is 6.38. The van der Waals surface area contributed by atoms with E-state index in [4.69, 9.17) is 23.2 Å². The smallest absolute Gasteiger partial charge is 0.0502 e. The van der Waals surface area contributed by atoms with Crippen molar-refractivity contribution in [3.8, 4) is 0 Å². The third kappa shape index (κ3) is 4.77. The van der Waals surface area contributed by atoms with E-state index in [1.807, 2.05) is 0 Å². The molecule has 4 heteroatoms. The van der Waals surface area contributed by atoms with Crippen molar-refractivity contribution in [3.05, 3.63) is 0 Å². The Morgan fingerprint density at radius 3 is 2.68 bits per heavy atom. The van der Waals surface area contributed by atoms with E-state index in [2.05, 4.69) is 17.7 Å². The van der Waals surface area contributed by atoms with Crippen LogP contribution in [-0.4, -0.2) is 37.4 Å². The zero-order chi connectivity index (χ0) is 13.7. The van der Waals surface area contributed by atoms with Crippen LogP contribution >= 0.6 is 23.2 Å². The summed E-state index contributed by atoms with van der Waals surface area (Å²) in [6.45, 7) is 3.53. The predicted molar refractivity (Wildman–Crippen MR) is 84.3 cm³/mol. The molecule has 1 aliphatic carbocycles.